The van der Waals surface area contributed by atoms with Gasteiger partial charge in [-0.15, -0.1) is 11.3 Å². The second-order valence-electron chi connectivity index (χ2n) is 4.62. The van der Waals surface area contributed by atoms with Gasteiger partial charge in [-0.3, -0.25) is 0 Å². The normalized spacial score (nSPS) is 10.3. The van der Waals surface area contributed by atoms with E-state index in [0.717, 1.165) is 33.1 Å². The molecule has 0 aliphatic heterocycles. The van der Waals surface area contributed by atoms with E-state index in [2.05, 4.69) is 22.5 Å². The van der Waals surface area contributed by atoms with Crippen molar-refractivity contribution in [1.82, 2.24) is 10.3 Å². The number of carbonyl (C=O) groups is 1. The lowest BCUT2D eigenvalue weighted by atomic mass is 10.1. The Labute approximate surface area is 123 Å². The molecule has 1 aromatic heterocycles. The molecule has 0 bridgehead atoms. The fourth-order valence-corrected chi connectivity index (χ4v) is 2.75. The molecule has 5 heteroatoms. The van der Waals surface area contributed by atoms with E-state index in [1.54, 1.807) is 17.5 Å². The van der Waals surface area contributed by atoms with Gasteiger partial charge in [-0.1, -0.05) is 25.1 Å². The number of hydrogen-bond acceptors (Lipinski definition) is 3. The number of benzene rings is 1. The quantitative estimate of drug-likeness (QED) is 0.902. The predicted molar refractivity (Wildman–Crippen MR) is 83.3 cm³/mol. The molecule has 4 nitrogen and oxygen atoms in total. The van der Waals surface area contributed by atoms with E-state index in [0.29, 0.717) is 6.54 Å². The smallest absolute Gasteiger partial charge is 0.319 e. The van der Waals surface area contributed by atoms with Crippen LogP contribution in [-0.2, 0) is 13.0 Å². The van der Waals surface area contributed by atoms with Crippen molar-refractivity contribution in [3.05, 3.63) is 45.4 Å². The first-order chi connectivity index (χ1) is 9.60. The van der Waals surface area contributed by atoms with Crippen LogP contribution in [0.1, 0.15) is 27.9 Å². The maximum atomic E-state index is 12.0. The average molecular weight is 289 g/mol. The monoisotopic (exact) mass is 289 g/mol. The first-order valence-electron chi connectivity index (χ1n) is 6.64. The van der Waals surface area contributed by atoms with E-state index >= 15 is 0 Å². The van der Waals surface area contributed by atoms with E-state index in [1.807, 2.05) is 32.0 Å². The second-order valence-corrected chi connectivity index (χ2v) is 5.94. The van der Waals surface area contributed by atoms with E-state index in [1.165, 1.54) is 0 Å². The zero-order valence-electron chi connectivity index (χ0n) is 12.0. The Morgan fingerprint density at radius 1 is 1.35 bits per heavy atom. The third-order valence-electron chi connectivity index (χ3n) is 3.07. The van der Waals surface area contributed by atoms with Gasteiger partial charge in [0.15, 0.2) is 0 Å². The summed E-state index contributed by atoms with van der Waals surface area (Å²) in [5.74, 6) is 0. The van der Waals surface area contributed by atoms with Gasteiger partial charge in [-0.25, -0.2) is 9.78 Å². The van der Waals surface area contributed by atoms with Crippen molar-refractivity contribution >= 4 is 23.1 Å². The van der Waals surface area contributed by atoms with Crippen LogP contribution in [-0.4, -0.2) is 11.0 Å². The average Bonchev–Trinajstić information content (AvgIpc) is 2.84. The number of rotatable bonds is 4. The molecule has 2 aromatic rings. The highest BCUT2D eigenvalue weighted by atomic mass is 32.1. The minimum absolute atomic E-state index is 0.181. The zero-order valence-corrected chi connectivity index (χ0v) is 12.8. The van der Waals surface area contributed by atoms with Gasteiger partial charge in [0.2, 0.25) is 0 Å². The lowest BCUT2D eigenvalue weighted by Crippen LogP contribution is -2.28. The fraction of sp³-hybridized carbons (Fsp3) is 0.333. The van der Waals surface area contributed by atoms with Gasteiger partial charge >= 0.3 is 6.03 Å². The van der Waals surface area contributed by atoms with Crippen LogP contribution < -0.4 is 10.6 Å². The number of anilines is 1. The van der Waals surface area contributed by atoms with Crippen LogP contribution in [0.5, 0.6) is 0 Å². The highest BCUT2D eigenvalue weighted by molar-refractivity contribution is 7.11. The molecule has 2 N–H and O–H groups in total. The van der Waals surface area contributed by atoms with Crippen molar-refractivity contribution in [3.8, 4) is 0 Å². The zero-order chi connectivity index (χ0) is 14.5. The van der Waals surface area contributed by atoms with E-state index < -0.39 is 0 Å². The fourth-order valence-electron chi connectivity index (χ4n) is 2.01. The third-order valence-corrected chi connectivity index (χ3v) is 3.98. The van der Waals surface area contributed by atoms with Crippen LogP contribution in [0.3, 0.4) is 0 Å². The molecule has 0 saturated heterocycles. The molecule has 1 aromatic carbocycles. The van der Waals surface area contributed by atoms with Gasteiger partial charge in [0, 0.05) is 16.8 Å². The molecular formula is C15H19N3OS. The largest absolute Gasteiger partial charge is 0.333 e. The van der Waals surface area contributed by atoms with Crippen molar-refractivity contribution in [3.63, 3.8) is 0 Å². The van der Waals surface area contributed by atoms with Crippen molar-refractivity contribution in [2.24, 2.45) is 0 Å². The number of nitrogens with zero attached hydrogens (tertiary/aromatic N) is 1. The maximum absolute atomic E-state index is 12.0. The topological polar surface area (TPSA) is 54.0 Å². The number of amides is 2. The minimum Gasteiger partial charge on any atom is -0.333 e. The highest BCUT2D eigenvalue weighted by Crippen LogP contribution is 2.21. The summed E-state index contributed by atoms with van der Waals surface area (Å²) in [5.41, 5.74) is 3.13. The molecular weight excluding hydrogens is 270 g/mol. The van der Waals surface area contributed by atoms with Gasteiger partial charge in [-0.05, 0) is 31.4 Å². The van der Waals surface area contributed by atoms with E-state index in [4.69, 9.17) is 0 Å². The molecule has 0 unspecified atom stereocenters. The van der Waals surface area contributed by atoms with Gasteiger partial charge in [0.05, 0.1) is 11.6 Å². The molecule has 106 valence electrons. The lowest BCUT2D eigenvalue weighted by Gasteiger charge is -2.13. The van der Waals surface area contributed by atoms with Crippen LogP contribution in [0, 0.1) is 13.8 Å². The van der Waals surface area contributed by atoms with Crippen molar-refractivity contribution < 1.29 is 4.79 Å². The number of hydrogen-bond donors (Lipinski definition) is 2. The van der Waals surface area contributed by atoms with Crippen molar-refractivity contribution in [2.45, 2.75) is 33.7 Å². The molecule has 0 aliphatic rings. The number of thiazole rings is 1. The van der Waals surface area contributed by atoms with Gasteiger partial charge < -0.3 is 10.6 Å². The Balaban J connectivity index is 1.98. The molecule has 20 heavy (non-hydrogen) atoms. The number of para-hydroxylation sites is 1. The molecule has 1 heterocycles. The van der Waals surface area contributed by atoms with Gasteiger partial charge in [0.1, 0.15) is 0 Å². The number of nitrogens with one attached hydrogen (secondary N) is 2. The van der Waals surface area contributed by atoms with Crippen LogP contribution in [0.4, 0.5) is 10.5 Å². The summed E-state index contributed by atoms with van der Waals surface area (Å²) >= 11 is 1.59. The first kappa shape index (κ1) is 14.5. The van der Waals surface area contributed by atoms with Crippen LogP contribution >= 0.6 is 11.3 Å². The number of urea groups is 1. The summed E-state index contributed by atoms with van der Waals surface area (Å²) in [4.78, 5) is 17.2. The molecule has 0 spiro atoms. The summed E-state index contributed by atoms with van der Waals surface area (Å²) in [6, 6.07) is 5.87. The molecule has 0 fully saturated rings. The number of carbonyl (C=O) groups excluding carboxylic acids is 1. The lowest BCUT2D eigenvalue weighted by molar-refractivity contribution is 0.252. The molecule has 0 radical (unpaired) electrons. The van der Waals surface area contributed by atoms with E-state index in [-0.39, 0.29) is 6.03 Å². The number of aryl methyl sites for hydroxylation is 3. The Morgan fingerprint density at radius 3 is 2.80 bits per heavy atom. The Morgan fingerprint density at radius 2 is 2.15 bits per heavy atom. The Bertz CT molecular complexity index is 607. The van der Waals surface area contributed by atoms with Gasteiger partial charge in [-0.2, -0.15) is 0 Å². The molecule has 0 saturated carbocycles. The van der Waals surface area contributed by atoms with Crippen LogP contribution in [0.25, 0.3) is 0 Å². The Kier molecular flexibility index (Phi) is 4.74. The third kappa shape index (κ3) is 3.57. The number of aromatic nitrogens is 1. The van der Waals surface area contributed by atoms with Gasteiger partial charge in [0.25, 0.3) is 0 Å². The van der Waals surface area contributed by atoms with Crippen molar-refractivity contribution in [1.29, 1.82) is 0 Å². The molecule has 2 amide bonds. The SMILES string of the molecule is CCc1cccc(C)c1NC(=O)NCc1cnc(C)s1. The standard InChI is InChI=1S/C15H19N3OS/c1-4-12-7-5-6-10(2)14(12)18-15(19)17-9-13-8-16-11(3)20-13/h5-8H,4,9H2,1-3H3,(H2,17,18,19). The summed E-state index contributed by atoms with van der Waals surface area (Å²) in [6.45, 7) is 6.54. The van der Waals surface area contributed by atoms with E-state index in [9.17, 15) is 4.79 Å². The summed E-state index contributed by atoms with van der Waals surface area (Å²) in [6.07, 6.45) is 2.69. The van der Waals surface area contributed by atoms with Crippen LogP contribution in [0.2, 0.25) is 0 Å². The summed E-state index contributed by atoms with van der Waals surface area (Å²) in [7, 11) is 0. The minimum atomic E-state index is -0.181. The first-order valence-corrected chi connectivity index (χ1v) is 7.46. The summed E-state index contributed by atoms with van der Waals surface area (Å²) in [5, 5.41) is 6.81. The predicted octanol–water partition coefficient (Wildman–Crippen LogP) is 3.64. The summed E-state index contributed by atoms with van der Waals surface area (Å²) < 4.78 is 0. The van der Waals surface area contributed by atoms with Crippen LogP contribution in [0.15, 0.2) is 24.4 Å². The maximum Gasteiger partial charge on any atom is 0.319 e. The Hall–Kier alpha value is -1.88. The highest BCUT2D eigenvalue weighted by Gasteiger charge is 2.08. The molecule has 0 atom stereocenters. The van der Waals surface area contributed by atoms with Crippen molar-refractivity contribution in [2.75, 3.05) is 5.32 Å². The molecule has 0 aliphatic carbocycles. The second kappa shape index (κ2) is 6.52. The molecule has 2 rings (SSSR count).